The van der Waals surface area contributed by atoms with Crippen molar-refractivity contribution in [3.63, 3.8) is 0 Å². The molecule has 0 saturated heterocycles. The Labute approximate surface area is 173 Å². The van der Waals surface area contributed by atoms with Crippen molar-refractivity contribution >= 4 is 11.8 Å². The molecular weight excluding hydrogens is 427 g/mol. The molecule has 0 fully saturated rings. The van der Waals surface area contributed by atoms with Crippen LogP contribution in [0.2, 0.25) is 0 Å². The SMILES string of the molecule is C[C@]1(c2cc(CC(=O)c3cnc(OCF)cn3)ccc2F)N=C(N)O[C@H](C(F)F)[C@@H]1F. The number of aromatic nitrogens is 2. The Balaban J connectivity index is 1.89. The van der Waals surface area contributed by atoms with Crippen LogP contribution in [0.15, 0.2) is 35.6 Å². The van der Waals surface area contributed by atoms with Crippen molar-refractivity contribution in [2.75, 3.05) is 6.86 Å². The molecule has 2 aromatic rings. The number of aliphatic imine (C=N–C) groups is 1. The van der Waals surface area contributed by atoms with Crippen molar-refractivity contribution in [3.05, 3.63) is 53.2 Å². The van der Waals surface area contributed by atoms with Crippen molar-refractivity contribution < 1.29 is 36.2 Å². The number of Topliss-reactive ketones (excluding diaryl/α,β-unsaturated/α-hetero) is 1. The summed E-state index contributed by atoms with van der Waals surface area (Å²) in [5.74, 6) is -1.56. The van der Waals surface area contributed by atoms with Crippen molar-refractivity contribution in [2.24, 2.45) is 10.7 Å². The van der Waals surface area contributed by atoms with Gasteiger partial charge in [-0.1, -0.05) is 6.07 Å². The van der Waals surface area contributed by atoms with E-state index in [1.807, 2.05) is 0 Å². The van der Waals surface area contributed by atoms with Gasteiger partial charge < -0.3 is 15.2 Å². The van der Waals surface area contributed by atoms with E-state index in [-0.39, 0.29) is 29.1 Å². The predicted octanol–water partition coefficient (Wildman–Crippen LogP) is 2.88. The zero-order valence-electron chi connectivity index (χ0n) is 16.1. The van der Waals surface area contributed by atoms with E-state index in [4.69, 9.17) is 5.73 Å². The highest BCUT2D eigenvalue weighted by Gasteiger charge is 2.51. The van der Waals surface area contributed by atoms with Crippen LogP contribution in [0.3, 0.4) is 0 Å². The molecule has 3 rings (SSSR count). The number of amidine groups is 1. The Bertz CT molecular complexity index is 989. The first kappa shape index (κ1) is 22.4. The largest absolute Gasteiger partial charge is 0.453 e. The Morgan fingerprint density at radius 1 is 1.32 bits per heavy atom. The highest BCUT2D eigenvalue weighted by Crippen LogP contribution is 2.40. The second-order valence-electron chi connectivity index (χ2n) is 6.82. The van der Waals surface area contributed by atoms with Gasteiger partial charge >= 0.3 is 0 Å². The Morgan fingerprint density at radius 3 is 2.68 bits per heavy atom. The second-order valence-corrected chi connectivity index (χ2v) is 6.82. The molecule has 1 aliphatic heterocycles. The van der Waals surface area contributed by atoms with Crippen LogP contribution in [-0.2, 0) is 16.7 Å². The molecule has 0 saturated carbocycles. The number of ether oxygens (including phenoxy) is 2. The van der Waals surface area contributed by atoms with Gasteiger partial charge in [-0.2, -0.15) is 0 Å². The van der Waals surface area contributed by atoms with Crippen molar-refractivity contribution in [2.45, 2.75) is 37.6 Å². The minimum absolute atomic E-state index is 0.0715. The maximum Gasteiger partial charge on any atom is 0.283 e. The number of ketones is 1. The Hall–Kier alpha value is -3.31. The van der Waals surface area contributed by atoms with Crippen LogP contribution in [-0.4, -0.2) is 47.3 Å². The first-order valence-electron chi connectivity index (χ1n) is 8.92. The predicted molar refractivity (Wildman–Crippen MR) is 97.8 cm³/mol. The van der Waals surface area contributed by atoms with Gasteiger partial charge in [0.15, 0.2) is 18.1 Å². The van der Waals surface area contributed by atoms with Crippen molar-refractivity contribution in [3.8, 4) is 5.88 Å². The molecule has 1 aliphatic rings. The normalized spacial score (nSPS) is 23.3. The molecule has 31 heavy (non-hydrogen) atoms. The van der Waals surface area contributed by atoms with E-state index < -0.39 is 48.7 Å². The van der Waals surface area contributed by atoms with Crippen LogP contribution in [0.4, 0.5) is 22.0 Å². The van der Waals surface area contributed by atoms with Gasteiger partial charge in [-0.3, -0.25) is 4.79 Å². The van der Waals surface area contributed by atoms with E-state index >= 15 is 0 Å². The van der Waals surface area contributed by atoms with Crippen LogP contribution in [0.1, 0.15) is 28.5 Å². The fraction of sp³-hybridized carbons (Fsp3) is 0.368. The summed E-state index contributed by atoms with van der Waals surface area (Å²) in [6.07, 6.45) is -6.01. The van der Waals surface area contributed by atoms with Gasteiger partial charge in [-0.05, 0) is 24.6 Å². The standard InChI is InChI=1S/C19H17F5N4O3/c1-19(16(22)15(17(23)24)31-18(25)28-19)10-4-9(2-3-11(10)21)5-13(29)12-6-27-14(7-26-12)30-8-20/h2-4,6-7,15-17H,5,8H2,1H3,(H2,25,28)/t15-,16-,19+/m0/s1. The number of halogens is 5. The molecule has 1 aromatic carbocycles. The van der Waals surface area contributed by atoms with Crippen LogP contribution in [0, 0.1) is 5.82 Å². The maximum atomic E-state index is 14.9. The zero-order valence-corrected chi connectivity index (χ0v) is 16.1. The number of carbonyl (C=O) groups is 1. The van der Waals surface area contributed by atoms with Gasteiger partial charge in [-0.25, -0.2) is 36.9 Å². The molecule has 0 spiro atoms. The molecule has 3 atom stereocenters. The summed E-state index contributed by atoms with van der Waals surface area (Å²) in [6, 6.07) is 2.70. The van der Waals surface area contributed by atoms with E-state index in [1.54, 1.807) is 0 Å². The van der Waals surface area contributed by atoms with Gasteiger partial charge in [0.25, 0.3) is 12.4 Å². The molecule has 2 N–H and O–H groups in total. The van der Waals surface area contributed by atoms with Gasteiger partial charge in [0.1, 0.15) is 17.1 Å². The van der Waals surface area contributed by atoms with E-state index in [1.165, 1.54) is 6.07 Å². The molecule has 0 bridgehead atoms. The first-order valence-corrected chi connectivity index (χ1v) is 8.92. The molecule has 166 valence electrons. The maximum absolute atomic E-state index is 14.9. The van der Waals surface area contributed by atoms with E-state index in [9.17, 15) is 26.7 Å². The van der Waals surface area contributed by atoms with E-state index in [0.717, 1.165) is 31.5 Å². The van der Waals surface area contributed by atoms with Crippen LogP contribution in [0.5, 0.6) is 5.88 Å². The third-order valence-electron chi connectivity index (χ3n) is 4.73. The van der Waals surface area contributed by atoms with Gasteiger partial charge in [0.05, 0.1) is 12.4 Å². The topological polar surface area (TPSA) is 99.7 Å². The lowest BCUT2D eigenvalue weighted by Gasteiger charge is -2.38. The molecule has 2 heterocycles. The lowest BCUT2D eigenvalue weighted by atomic mass is 9.83. The highest BCUT2D eigenvalue weighted by molar-refractivity contribution is 5.95. The lowest BCUT2D eigenvalue weighted by Crippen LogP contribution is -2.52. The average Bonchev–Trinajstić information content (AvgIpc) is 2.72. The summed E-state index contributed by atoms with van der Waals surface area (Å²) in [6.45, 7) is 0.000625. The van der Waals surface area contributed by atoms with E-state index in [0.29, 0.717) is 0 Å². The summed E-state index contributed by atoms with van der Waals surface area (Å²) in [5, 5.41) is 0. The smallest absolute Gasteiger partial charge is 0.283 e. The monoisotopic (exact) mass is 444 g/mol. The minimum atomic E-state index is -3.22. The minimum Gasteiger partial charge on any atom is -0.453 e. The molecule has 0 radical (unpaired) electrons. The Morgan fingerprint density at radius 2 is 2.06 bits per heavy atom. The summed E-state index contributed by atoms with van der Waals surface area (Å²) in [7, 11) is 0. The zero-order chi connectivity index (χ0) is 22.8. The number of benzene rings is 1. The van der Waals surface area contributed by atoms with E-state index in [2.05, 4.69) is 24.4 Å². The van der Waals surface area contributed by atoms with Gasteiger partial charge in [0.2, 0.25) is 12.7 Å². The summed E-state index contributed by atoms with van der Waals surface area (Å²) < 4.78 is 77.0. The first-order chi connectivity index (χ1) is 14.7. The number of hydrogen-bond donors (Lipinski definition) is 1. The number of rotatable bonds is 7. The fourth-order valence-corrected chi connectivity index (χ4v) is 3.16. The molecule has 0 amide bonds. The number of hydrogen-bond acceptors (Lipinski definition) is 7. The molecule has 0 unspecified atom stereocenters. The number of alkyl halides is 4. The number of carbonyl (C=O) groups excluding carboxylic acids is 1. The average molecular weight is 444 g/mol. The summed E-state index contributed by atoms with van der Waals surface area (Å²) in [4.78, 5) is 23.7. The van der Waals surface area contributed by atoms with Gasteiger partial charge in [-0.15, -0.1) is 0 Å². The van der Waals surface area contributed by atoms with Crippen LogP contribution < -0.4 is 10.5 Å². The summed E-state index contributed by atoms with van der Waals surface area (Å²) in [5.41, 5.74) is 3.13. The molecule has 0 aliphatic carbocycles. The van der Waals surface area contributed by atoms with Gasteiger partial charge in [0, 0.05) is 12.0 Å². The highest BCUT2D eigenvalue weighted by atomic mass is 19.3. The third kappa shape index (κ3) is 4.57. The van der Waals surface area contributed by atoms with Crippen LogP contribution >= 0.6 is 0 Å². The molecular formula is C19H17F5N4O3. The third-order valence-corrected chi connectivity index (χ3v) is 4.73. The second kappa shape index (κ2) is 8.82. The van der Waals surface area contributed by atoms with Crippen molar-refractivity contribution in [1.29, 1.82) is 0 Å². The molecule has 7 nitrogen and oxygen atoms in total. The van der Waals surface area contributed by atoms with Crippen LogP contribution in [0.25, 0.3) is 0 Å². The summed E-state index contributed by atoms with van der Waals surface area (Å²) >= 11 is 0. The molecule has 12 heteroatoms. The Kier molecular flexibility index (Phi) is 6.37. The molecule has 1 aromatic heterocycles. The van der Waals surface area contributed by atoms with Crippen molar-refractivity contribution in [1.82, 2.24) is 9.97 Å². The fourth-order valence-electron chi connectivity index (χ4n) is 3.16. The number of nitrogens with zero attached hydrogens (tertiary/aromatic N) is 3. The quantitative estimate of drug-likeness (QED) is 0.521. The number of nitrogens with two attached hydrogens (primary N) is 1. The lowest BCUT2D eigenvalue weighted by molar-refractivity contribution is -0.0741.